The van der Waals surface area contributed by atoms with Gasteiger partial charge in [-0.15, -0.1) is 0 Å². The van der Waals surface area contributed by atoms with Crippen molar-refractivity contribution in [3.8, 4) is 0 Å². The molecular formula is C6H10N4O. The van der Waals surface area contributed by atoms with Crippen molar-refractivity contribution in [2.24, 2.45) is 0 Å². The standard InChI is InChI=1S/C6H10N4O/c1-2-11-3-5(7-1)6-8-4-9-10-6/h4-5,7H,1-3H2,(H,8,9,10)/t5-/m1/s1. The lowest BCUT2D eigenvalue weighted by molar-refractivity contribution is 0.0743. The van der Waals surface area contributed by atoms with Crippen LogP contribution in [0.3, 0.4) is 0 Å². The molecule has 0 radical (unpaired) electrons. The molecule has 0 amide bonds. The zero-order chi connectivity index (χ0) is 7.52. The molecule has 0 bridgehead atoms. The molecule has 1 atom stereocenters. The summed E-state index contributed by atoms with van der Waals surface area (Å²) in [5.41, 5.74) is 0. The van der Waals surface area contributed by atoms with Crippen LogP contribution in [0.5, 0.6) is 0 Å². The molecular weight excluding hydrogens is 144 g/mol. The lowest BCUT2D eigenvalue weighted by Crippen LogP contribution is -2.35. The Hall–Kier alpha value is -0.940. The van der Waals surface area contributed by atoms with Crippen molar-refractivity contribution in [3.63, 3.8) is 0 Å². The maximum Gasteiger partial charge on any atom is 0.143 e. The topological polar surface area (TPSA) is 62.8 Å². The highest BCUT2D eigenvalue weighted by atomic mass is 16.5. The van der Waals surface area contributed by atoms with Gasteiger partial charge in [-0.1, -0.05) is 0 Å². The van der Waals surface area contributed by atoms with E-state index in [0.717, 1.165) is 19.0 Å². The number of H-pyrrole nitrogens is 1. The van der Waals surface area contributed by atoms with Gasteiger partial charge in [0.1, 0.15) is 12.2 Å². The van der Waals surface area contributed by atoms with Crippen LogP contribution in [0.4, 0.5) is 0 Å². The van der Waals surface area contributed by atoms with Gasteiger partial charge in [0.05, 0.1) is 19.3 Å². The molecule has 1 aromatic heterocycles. The van der Waals surface area contributed by atoms with Crippen molar-refractivity contribution in [3.05, 3.63) is 12.2 Å². The molecule has 5 heteroatoms. The Balaban J connectivity index is 2.04. The molecule has 2 rings (SSSR count). The van der Waals surface area contributed by atoms with Crippen LogP contribution in [0.15, 0.2) is 6.33 Å². The van der Waals surface area contributed by atoms with Gasteiger partial charge in [-0.05, 0) is 0 Å². The fourth-order valence-electron chi connectivity index (χ4n) is 1.12. The first-order valence-electron chi connectivity index (χ1n) is 3.63. The van der Waals surface area contributed by atoms with Crippen LogP contribution in [-0.2, 0) is 4.74 Å². The molecule has 0 saturated carbocycles. The molecule has 1 fully saturated rings. The summed E-state index contributed by atoms with van der Waals surface area (Å²) < 4.78 is 5.26. The van der Waals surface area contributed by atoms with Crippen molar-refractivity contribution in [2.45, 2.75) is 6.04 Å². The Bertz CT molecular complexity index is 204. The number of ether oxygens (including phenoxy) is 1. The molecule has 0 unspecified atom stereocenters. The molecule has 0 spiro atoms. The molecule has 60 valence electrons. The third kappa shape index (κ3) is 1.38. The summed E-state index contributed by atoms with van der Waals surface area (Å²) in [5.74, 6) is 0.852. The summed E-state index contributed by atoms with van der Waals surface area (Å²) in [7, 11) is 0. The lowest BCUT2D eigenvalue weighted by Gasteiger charge is -2.21. The van der Waals surface area contributed by atoms with Crippen LogP contribution in [0.2, 0.25) is 0 Å². The van der Waals surface area contributed by atoms with E-state index >= 15 is 0 Å². The number of nitrogens with zero attached hydrogens (tertiary/aromatic N) is 2. The summed E-state index contributed by atoms with van der Waals surface area (Å²) in [6.45, 7) is 2.34. The van der Waals surface area contributed by atoms with E-state index in [-0.39, 0.29) is 6.04 Å². The van der Waals surface area contributed by atoms with Gasteiger partial charge in [0.15, 0.2) is 0 Å². The third-order valence-corrected chi connectivity index (χ3v) is 1.69. The third-order valence-electron chi connectivity index (χ3n) is 1.69. The zero-order valence-corrected chi connectivity index (χ0v) is 6.08. The van der Waals surface area contributed by atoms with Crippen molar-refractivity contribution in [1.29, 1.82) is 0 Å². The molecule has 2 heterocycles. The van der Waals surface area contributed by atoms with E-state index in [2.05, 4.69) is 20.5 Å². The maximum atomic E-state index is 5.26. The number of hydrogen-bond donors (Lipinski definition) is 2. The first-order valence-corrected chi connectivity index (χ1v) is 3.63. The second kappa shape index (κ2) is 2.98. The SMILES string of the molecule is c1n[nH]c([C@H]2COCCN2)n1. The van der Waals surface area contributed by atoms with E-state index < -0.39 is 0 Å². The van der Waals surface area contributed by atoms with Gasteiger partial charge in [-0.3, -0.25) is 5.10 Å². The van der Waals surface area contributed by atoms with Crippen molar-refractivity contribution >= 4 is 0 Å². The van der Waals surface area contributed by atoms with Crippen LogP contribution in [0.1, 0.15) is 11.9 Å². The van der Waals surface area contributed by atoms with E-state index in [0.29, 0.717) is 6.61 Å². The fraction of sp³-hybridized carbons (Fsp3) is 0.667. The molecule has 1 aromatic rings. The van der Waals surface area contributed by atoms with E-state index in [1.165, 1.54) is 6.33 Å². The average molecular weight is 154 g/mol. The highest BCUT2D eigenvalue weighted by molar-refractivity contribution is 4.92. The smallest absolute Gasteiger partial charge is 0.143 e. The van der Waals surface area contributed by atoms with E-state index in [1.807, 2.05) is 0 Å². The minimum atomic E-state index is 0.186. The Morgan fingerprint density at radius 2 is 2.64 bits per heavy atom. The highest BCUT2D eigenvalue weighted by Crippen LogP contribution is 2.08. The Morgan fingerprint density at radius 1 is 1.64 bits per heavy atom. The van der Waals surface area contributed by atoms with Crippen LogP contribution in [-0.4, -0.2) is 34.9 Å². The van der Waals surface area contributed by atoms with Crippen LogP contribution >= 0.6 is 0 Å². The predicted molar refractivity (Wildman–Crippen MR) is 37.9 cm³/mol. The summed E-state index contributed by atoms with van der Waals surface area (Å²) in [5, 5.41) is 9.83. The minimum absolute atomic E-state index is 0.186. The number of aromatic nitrogens is 3. The fourth-order valence-corrected chi connectivity index (χ4v) is 1.12. The molecule has 11 heavy (non-hydrogen) atoms. The van der Waals surface area contributed by atoms with Gasteiger partial charge in [-0.25, -0.2) is 4.98 Å². The van der Waals surface area contributed by atoms with Crippen LogP contribution in [0.25, 0.3) is 0 Å². The second-order valence-electron chi connectivity index (χ2n) is 2.45. The first kappa shape index (κ1) is 6.75. The van der Waals surface area contributed by atoms with Crippen LogP contribution < -0.4 is 5.32 Å². The summed E-state index contributed by atoms with van der Waals surface area (Å²) in [6.07, 6.45) is 1.51. The molecule has 1 aliphatic heterocycles. The maximum absolute atomic E-state index is 5.26. The van der Waals surface area contributed by atoms with Crippen molar-refractivity contribution < 1.29 is 4.74 Å². The predicted octanol–water partition coefficient (Wildman–Crippen LogP) is -0.534. The van der Waals surface area contributed by atoms with E-state index in [4.69, 9.17) is 4.74 Å². The quantitative estimate of drug-likeness (QED) is 0.570. The number of hydrogen-bond acceptors (Lipinski definition) is 4. The Labute approximate surface area is 64.2 Å². The van der Waals surface area contributed by atoms with E-state index in [9.17, 15) is 0 Å². The Morgan fingerprint density at radius 3 is 3.27 bits per heavy atom. The number of aromatic amines is 1. The van der Waals surface area contributed by atoms with Gasteiger partial charge >= 0.3 is 0 Å². The normalized spacial score (nSPS) is 25.3. The first-order chi connectivity index (χ1) is 5.47. The molecule has 5 nitrogen and oxygen atoms in total. The number of nitrogens with one attached hydrogen (secondary N) is 2. The largest absolute Gasteiger partial charge is 0.378 e. The van der Waals surface area contributed by atoms with Crippen molar-refractivity contribution in [1.82, 2.24) is 20.5 Å². The average Bonchev–Trinajstić information content (AvgIpc) is 2.58. The van der Waals surface area contributed by atoms with Gasteiger partial charge in [0, 0.05) is 6.54 Å². The summed E-state index contributed by atoms with van der Waals surface area (Å²) in [4.78, 5) is 4.03. The molecule has 1 saturated heterocycles. The van der Waals surface area contributed by atoms with Gasteiger partial charge < -0.3 is 10.1 Å². The molecule has 2 N–H and O–H groups in total. The number of morpholine rings is 1. The van der Waals surface area contributed by atoms with Gasteiger partial charge in [0.2, 0.25) is 0 Å². The zero-order valence-electron chi connectivity index (χ0n) is 6.08. The number of rotatable bonds is 1. The van der Waals surface area contributed by atoms with E-state index in [1.54, 1.807) is 0 Å². The molecule has 1 aliphatic rings. The van der Waals surface area contributed by atoms with Crippen molar-refractivity contribution in [2.75, 3.05) is 19.8 Å². The summed E-state index contributed by atoms with van der Waals surface area (Å²) in [6, 6.07) is 0.186. The second-order valence-corrected chi connectivity index (χ2v) is 2.45. The van der Waals surface area contributed by atoms with Gasteiger partial charge in [-0.2, -0.15) is 5.10 Å². The summed E-state index contributed by atoms with van der Waals surface area (Å²) >= 11 is 0. The lowest BCUT2D eigenvalue weighted by atomic mass is 10.3. The molecule has 0 aromatic carbocycles. The van der Waals surface area contributed by atoms with Crippen LogP contribution in [0, 0.1) is 0 Å². The van der Waals surface area contributed by atoms with Gasteiger partial charge in [0.25, 0.3) is 0 Å². The monoisotopic (exact) mass is 154 g/mol. The Kier molecular flexibility index (Phi) is 1.83. The minimum Gasteiger partial charge on any atom is -0.378 e. The highest BCUT2D eigenvalue weighted by Gasteiger charge is 2.16. The molecule has 0 aliphatic carbocycles.